The molecule has 0 aromatic carbocycles. The summed E-state index contributed by atoms with van der Waals surface area (Å²) in [5.74, 6) is 4.31. The number of carbonyl (C=O) groups is 1. The second kappa shape index (κ2) is 6.35. The van der Waals surface area contributed by atoms with Crippen LogP contribution in [0.1, 0.15) is 37.4 Å². The Hall–Kier alpha value is -0.820. The van der Waals surface area contributed by atoms with Crippen LogP contribution in [0.3, 0.4) is 0 Å². The van der Waals surface area contributed by atoms with E-state index in [4.69, 9.17) is 4.98 Å². The number of rotatable bonds is 3. The van der Waals surface area contributed by atoms with E-state index in [1.807, 2.05) is 11.8 Å². The standard InChI is InChI=1S/C15H22N4OS2/c20-14(18-6-8-21-9-7-18)12-2-1-5-19(10-12)15-16-13(17-22-15)11-3-4-11/h11-12H,1-10H2. The summed E-state index contributed by atoms with van der Waals surface area (Å²) in [7, 11) is 0. The highest BCUT2D eigenvalue weighted by Crippen LogP contribution is 2.40. The van der Waals surface area contributed by atoms with E-state index >= 15 is 0 Å². The van der Waals surface area contributed by atoms with Crippen LogP contribution in [-0.4, -0.2) is 57.8 Å². The van der Waals surface area contributed by atoms with E-state index in [1.54, 1.807) is 0 Å². The fourth-order valence-corrected chi connectivity index (χ4v) is 4.94. The molecule has 0 bridgehead atoms. The van der Waals surface area contributed by atoms with Crippen molar-refractivity contribution < 1.29 is 4.79 Å². The van der Waals surface area contributed by atoms with E-state index in [-0.39, 0.29) is 5.92 Å². The number of hydrogen-bond acceptors (Lipinski definition) is 6. The molecule has 120 valence electrons. The highest BCUT2D eigenvalue weighted by molar-refractivity contribution is 7.99. The van der Waals surface area contributed by atoms with Crippen molar-refractivity contribution in [2.75, 3.05) is 42.6 Å². The second-order valence-corrected chi connectivity index (χ2v) is 8.39. The van der Waals surface area contributed by atoms with Crippen LogP contribution in [-0.2, 0) is 4.79 Å². The van der Waals surface area contributed by atoms with E-state index in [9.17, 15) is 4.79 Å². The first kappa shape index (κ1) is 14.8. The minimum Gasteiger partial charge on any atom is -0.346 e. The molecule has 1 aromatic heterocycles. The van der Waals surface area contributed by atoms with Crippen molar-refractivity contribution in [2.24, 2.45) is 5.92 Å². The van der Waals surface area contributed by atoms with Gasteiger partial charge < -0.3 is 9.80 Å². The molecule has 0 N–H and O–H groups in total. The van der Waals surface area contributed by atoms with Crippen molar-refractivity contribution in [1.82, 2.24) is 14.3 Å². The molecule has 1 aromatic rings. The summed E-state index contributed by atoms with van der Waals surface area (Å²) in [6.45, 7) is 3.68. The quantitative estimate of drug-likeness (QED) is 0.846. The van der Waals surface area contributed by atoms with Crippen LogP contribution in [0, 0.1) is 5.92 Å². The van der Waals surface area contributed by atoms with Crippen LogP contribution >= 0.6 is 23.3 Å². The molecule has 1 aliphatic carbocycles. The lowest BCUT2D eigenvalue weighted by molar-refractivity contribution is -0.135. The molecule has 1 unspecified atom stereocenters. The molecule has 1 saturated carbocycles. The van der Waals surface area contributed by atoms with Crippen molar-refractivity contribution in [2.45, 2.75) is 31.6 Å². The molecule has 7 heteroatoms. The van der Waals surface area contributed by atoms with E-state index < -0.39 is 0 Å². The average molecular weight is 339 g/mol. The SMILES string of the molecule is O=C(C1CCCN(c2nc(C3CC3)ns2)C1)N1CCSCC1. The smallest absolute Gasteiger partial charge is 0.227 e. The lowest BCUT2D eigenvalue weighted by Crippen LogP contribution is -2.47. The Balaban J connectivity index is 1.40. The number of nitrogens with zero attached hydrogens (tertiary/aromatic N) is 4. The third-order valence-corrected chi connectivity index (χ3v) is 6.47. The highest BCUT2D eigenvalue weighted by Gasteiger charge is 2.33. The normalized spacial score (nSPS) is 26.3. The lowest BCUT2D eigenvalue weighted by Gasteiger charge is -2.35. The third kappa shape index (κ3) is 3.11. The summed E-state index contributed by atoms with van der Waals surface area (Å²) in [6.07, 6.45) is 4.58. The van der Waals surface area contributed by atoms with E-state index in [0.29, 0.717) is 11.8 Å². The Labute approximate surface area is 139 Å². The topological polar surface area (TPSA) is 49.3 Å². The Kier molecular flexibility index (Phi) is 4.26. The molecular weight excluding hydrogens is 316 g/mol. The molecule has 2 aliphatic heterocycles. The minimum atomic E-state index is 0.144. The second-order valence-electron chi connectivity index (χ2n) is 6.43. The van der Waals surface area contributed by atoms with Gasteiger partial charge in [0, 0.05) is 55.1 Å². The zero-order valence-electron chi connectivity index (χ0n) is 12.7. The van der Waals surface area contributed by atoms with Crippen LogP contribution < -0.4 is 4.90 Å². The molecule has 3 fully saturated rings. The zero-order valence-corrected chi connectivity index (χ0v) is 14.4. The summed E-state index contributed by atoms with van der Waals surface area (Å²) in [5.41, 5.74) is 0. The predicted octanol–water partition coefficient (Wildman–Crippen LogP) is 2.21. The fourth-order valence-electron chi connectivity index (χ4n) is 3.26. The predicted molar refractivity (Wildman–Crippen MR) is 90.7 cm³/mol. The van der Waals surface area contributed by atoms with Gasteiger partial charge >= 0.3 is 0 Å². The number of anilines is 1. The van der Waals surface area contributed by atoms with Crippen molar-refractivity contribution in [3.05, 3.63) is 5.82 Å². The number of amides is 1. The first-order valence-corrected chi connectivity index (χ1v) is 10.2. The zero-order chi connectivity index (χ0) is 14.9. The molecule has 5 nitrogen and oxygen atoms in total. The van der Waals surface area contributed by atoms with E-state index in [0.717, 1.165) is 61.5 Å². The molecule has 3 aliphatic rings. The van der Waals surface area contributed by atoms with Crippen molar-refractivity contribution in [3.8, 4) is 0 Å². The largest absolute Gasteiger partial charge is 0.346 e. The lowest BCUT2D eigenvalue weighted by atomic mass is 9.97. The third-order valence-electron chi connectivity index (χ3n) is 4.74. The van der Waals surface area contributed by atoms with Crippen LogP contribution in [0.5, 0.6) is 0 Å². The Morgan fingerprint density at radius 3 is 2.73 bits per heavy atom. The maximum absolute atomic E-state index is 12.7. The Bertz CT molecular complexity index is 539. The van der Waals surface area contributed by atoms with Crippen LogP contribution in [0.2, 0.25) is 0 Å². The Morgan fingerprint density at radius 2 is 1.95 bits per heavy atom. The molecule has 3 heterocycles. The fraction of sp³-hybridized carbons (Fsp3) is 0.800. The molecule has 4 rings (SSSR count). The van der Waals surface area contributed by atoms with Gasteiger partial charge in [-0.15, -0.1) is 0 Å². The summed E-state index contributed by atoms with van der Waals surface area (Å²) < 4.78 is 4.50. The van der Waals surface area contributed by atoms with Gasteiger partial charge in [0.05, 0.1) is 5.92 Å². The molecule has 1 atom stereocenters. The van der Waals surface area contributed by atoms with Gasteiger partial charge in [-0.1, -0.05) is 0 Å². The van der Waals surface area contributed by atoms with Crippen LogP contribution in [0.15, 0.2) is 0 Å². The van der Waals surface area contributed by atoms with Gasteiger partial charge in [0.1, 0.15) is 5.82 Å². The average Bonchev–Trinajstić information content (AvgIpc) is 3.32. The number of piperidine rings is 1. The maximum Gasteiger partial charge on any atom is 0.227 e. The first-order chi connectivity index (χ1) is 10.8. The van der Waals surface area contributed by atoms with Gasteiger partial charge in [-0.3, -0.25) is 4.79 Å². The van der Waals surface area contributed by atoms with E-state index in [2.05, 4.69) is 14.2 Å². The van der Waals surface area contributed by atoms with Gasteiger partial charge in [0.25, 0.3) is 0 Å². The summed E-state index contributed by atoms with van der Waals surface area (Å²) in [5, 5.41) is 1.02. The number of aromatic nitrogens is 2. The summed E-state index contributed by atoms with van der Waals surface area (Å²) in [6, 6.07) is 0. The van der Waals surface area contributed by atoms with E-state index in [1.165, 1.54) is 24.4 Å². The van der Waals surface area contributed by atoms with Gasteiger partial charge in [-0.05, 0) is 25.7 Å². The monoisotopic (exact) mass is 338 g/mol. The molecular formula is C15H22N4OS2. The van der Waals surface area contributed by atoms with Crippen LogP contribution in [0.4, 0.5) is 5.13 Å². The number of thioether (sulfide) groups is 1. The summed E-state index contributed by atoms with van der Waals surface area (Å²) >= 11 is 3.46. The highest BCUT2D eigenvalue weighted by atomic mass is 32.2. The minimum absolute atomic E-state index is 0.144. The van der Waals surface area contributed by atoms with Crippen molar-refractivity contribution in [1.29, 1.82) is 0 Å². The first-order valence-electron chi connectivity index (χ1n) is 8.26. The van der Waals surface area contributed by atoms with Gasteiger partial charge in [-0.25, -0.2) is 4.98 Å². The van der Waals surface area contributed by atoms with Gasteiger partial charge in [-0.2, -0.15) is 16.1 Å². The maximum atomic E-state index is 12.7. The molecule has 2 saturated heterocycles. The molecule has 1 amide bonds. The number of carbonyl (C=O) groups excluding carboxylic acids is 1. The molecule has 0 spiro atoms. The number of hydrogen-bond donors (Lipinski definition) is 0. The molecule has 22 heavy (non-hydrogen) atoms. The van der Waals surface area contributed by atoms with Crippen molar-refractivity contribution in [3.63, 3.8) is 0 Å². The van der Waals surface area contributed by atoms with Gasteiger partial charge in [0.2, 0.25) is 11.0 Å². The van der Waals surface area contributed by atoms with Crippen molar-refractivity contribution >= 4 is 34.3 Å². The molecule has 0 radical (unpaired) electrons. The Morgan fingerprint density at radius 1 is 1.14 bits per heavy atom. The summed E-state index contributed by atoms with van der Waals surface area (Å²) in [4.78, 5) is 21.8. The van der Waals surface area contributed by atoms with Gasteiger partial charge in [0.15, 0.2) is 0 Å². The van der Waals surface area contributed by atoms with Crippen LogP contribution in [0.25, 0.3) is 0 Å².